The molecular formula is C21H23N7O2. The highest BCUT2D eigenvalue weighted by atomic mass is 16.5. The van der Waals surface area contributed by atoms with Crippen LogP contribution < -0.4 is 20.5 Å². The van der Waals surface area contributed by atoms with E-state index in [0.717, 1.165) is 36.3 Å². The summed E-state index contributed by atoms with van der Waals surface area (Å²) in [5, 5.41) is 19.4. The quantitative estimate of drug-likeness (QED) is 0.569. The van der Waals surface area contributed by atoms with Gasteiger partial charge in [0.1, 0.15) is 29.5 Å². The number of hydrogen-bond donors (Lipinski definition) is 3. The molecule has 4 N–H and O–H groups in total. The number of nitrogens with zero attached hydrogens (tertiary/aromatic N) is 4. The fraction of sp³-hybridized carbons (Fsp3) is 0.333. The second kappa shape index (κ2) is 8.39. The van der Waals surface area contributed by atoms with Crippen LogP contribution in [-0.4, -0.2) is 39.4 Å². The SMILES string of the molecule is COc1cccc(O[C@@H]2CC[C@H](N)C2)c1-c1cc(Nc2cnc(C#N)c(C)n2)n[nH]1. The van der Waals surface area contributed by atoms with E-state index in [4.69, 9.17) is 20.5 Å². The summed E-state index contributed by atoms with van der Waals surface area (Å²) in [7, 11) is 1.62. The molecule has 2 atom stereocenters. The molecule has 4 rings (SSSR count). The Labute approximate surface area is 174 Å². The number of nitrogens with two attached hydrogens (primary N) is 1. The van der Waals surface area contributed by atoms with Crippen LogP contribution in [0.1, 0.15) is 30.7 Å². The summed E-state index contributed by atoms with van der Waals surface area (Å²) in [6.45, 7) is 1.74. The Balaban J connectivity index is 1.60. The average molecular weight is 405 g/mol. The first-order valence-corrected chi connectivity index (χ1v) is 9.73. The summed E-state index contributed by atoms with van der Waals surface area (Å²) < 4.78 is 11.8. The number of anilines is 2. The van der Waals surface area contributed by atoms with E-state index in [1.54, 1.807) is 14.0 Å². The average Bonchev–Trinajstić information content (AvgIpc) is 3.36. The lowest BCUT2D eigenvalue weighted by Crippen LogP contribution is -2.19. The number of benzene rings is 1. The minimum absolute atomic E-state index is 0.0864. The molecule has 9 heteroatoms. The van der Waals surface area contributed by atoms with Crippen molar-refractivity contribution in [3.05, 3.63) is 41.9 Å². The smallest absolute Gasteiger partial charge is 0.161 e. The molecule has 1 fully saturated rings. The number of ether oxygens (including phenoxy) is 2. The van der Waals surface area contributed by atoms with E-state index < -0.39 is 0 Å². The van der Waals surface area contributed by atoms with Crippen LogP contribution in [0.15, 0.2) is 30.5 Å². The Kier molecular flexibility index (Phi) is 5.50. The molecule has 0 unspecified atom stereocenters. The zero-order chi connectivity index (χ0) is 21.1. The van der Waals surface area contributed by atoms with Gasteiger partial charge >= 0.3 is 0 Å². The number of methoxy groups -OCH3 is 1. The number of aromatic amines is 1. The fourth-order valence-corrected chi connectivity index (χ4v) is 3.60. The molecule has 3 aromatic rings. The Morgan fingerprint density at radius 1 is 1.27 bits per heavy atom. The van der Waals surface area contributed by atoms with E-state index in [0.29, 0.717) is 28.8 Å². The van der Waals surface area contributed by atoms with Gasteiger partial charge in [-0.3, -0.25) is 5.10 Å². The maximum atomic E-state index is 9.00. The molecule has 1 aliphatic carbocycles. The Hall–Kier alpha value is -3.64. The Morgan fingerprint density at radius 2 is 2.10 bits per heavy atom. The summed E-state index contributed by atoms with van der Waals surface area (Å²) in [5.41, 5.74) is 8.41. The third kappa shape index (κ3) is 4.04. The van der Waals surface area contributed by atoms with E-state index in [2.05, 4.69) is 25.5 Å². The third-order valence-corrected chi connectivity index (χ3v) is 5.08. The van der Waals surface area contributed by atoms with Gasteiger partial charge in [0.05, 0.1) is 30.3 Å². The summed E-state index contributed by atoms with van der Waals surface area (Å²) in [5.74, 6) is 2.46. The van der Waals surface area contributed by atoms with Crippen molar-refractivity contribution in [2.45, 2.75) is 38.3 Å². The van der Waals surface area contributed by atoms with E-state index in [1.165, 1.54) is 6.20 Å². The van der Waals surface area contributed by atoms with Crippen molar-refractivity contribution in [3.8, 4) is 28.8 Å². The molecular weight excluding hydrogens is 382 g/mol. The number of nitrogens with one attached hydrogen (secondary N) is 2. The van der Waals surface area contributed by atoms with Crippen LogP contribution in [0.3, 0.4) is 0 Å². The molecule has 0 spiro atoms. The van der Waals surface area contributed by atoms with Crippen molar-refractivity contribution >= 4 is 11.6 Å². The molecule has 154 valence electrons. The molecule has 1 aromatic carbocycles. The summed E-state index contributed by atoms with van der Waals surface area (Å²) >= 11 is 0. The number of hydrogen-bond acceptors (Lipinski definition) is 8. The largest absolute Gasteiger partial charge is 0.496 e. The summed E-state index contributed by atoms with van der Waals surface area (Å²) in [6, 6.07) is 9.74. The molecule has 0 amide bonds. The number of rotatable bonds is 6. The number of H-pyrrole nitrogens is 1. The van der Waals surface area contributed by atoms with Crippen molar-refractivity contribution in [2.75, 3.05) is 12.4 Å². The Morgan fingerprint density at radius 3 is 2.80 bits per heavy atom. The van der Waals surface area contributed by atoms with Crippen LogP contribution in [0.25, 0.3) is 11.3 Å². The van der Waals surface area contributed by atoms with Crippen LogP contribution in [0.2, 0.25) is 0 Å². The highest BCUT2D eigenvalue weighted by Gasteiger charge is 2.25. The van der Waals surface area contributed by atoms with E-state index in [9.17, 15) is 0 Å². The van der Waals surface area contributed by atoms with Gasteiger partial charge in [-0.05, 0) is 38.3 Å². The van der Waals surface area contributed by atoms with Gasteiger partial charge in [-0.15, -0.1) is 0 Å². The first-order valence-electron chi connectivity index (χ1n) is 9.73. The highest BCUT2D eigenvalue weighted by Crippen LogP contribution is 2.39. The van der Waals surface area contributed by atoms with Gasteiger partial charge in [-0.1, -0.05) is 6.07 Å². The van der Waals surface area contributed by atoms with E-state index in [-0.39, 0.29) is 12.1 Å². The van der Waals surface area contributed by atoms with Crippen LogP contribution in [0, 0.1) is 18.3 Å². The predicted molar refractivity (Wildman–Crippen MR) is 112 cm³/mol. The predicted octanol–water partition coefficient (Wildman–Crippen LogP) is 3.06. The molecule has 0 radical (unpaired) electrons. The fourth-order valence-electron chi connectivity index (χ4n) is 3.60. The van der Waals surface area contributed by atoms with Gasteiger partial charge in [0.15, 0.2) is 11.5 Å². The maximum Gasteiger partial charge on any atom is 0.161 e. The number of nitriles is 1. The number of aromatic nitrogens is 4. The molecule has 9 nitrogen and oxygen atoms in total. The molecule has 2 heterocycles. The van der Waals surface area contributed by atoms with Crippen molar-refractivity contribution in [1.82, 2.24) is 20.2 Å². The lowest BCUT2D eigenvalue weighted by molar-refractivity contribution is 0.208. The molecule has 1 saturated carbocycles. The molecule has 0 bridgehead atoms. The van der Waals surface area contributed by atoms with Gasteiger partial charge in [0, 0.05) is 12.1 Å². The summed E-state index contributed by atoms with van der Waals surface area (Å²) in [6.07, 6.45) is 4.32. The lowest BCUT2D eigenvalue weighted by atomic mass is 10.1. The number of aryl methyl sites for hydroxylation is 1. The minimum Gasteiger partial charge on any atom is -0.496 e. The van der Waals surface area contributed by atoms with E-state index >= 15 is 0 Å². The highest BCUT2D eigenvalue weighted by molar-refractivity contribution is 5.76. The first-order chi connectivity index (χ1) is 14.6. The third-order valence-electron chi connectivity index (χ3n) is 5.08. The van der Waals surface area contributed by atoms with Gasteiger partial charge in [-0.25, -0.2) is 9.97 Å². The van der Waals surface area contributed by atoms with Crippen LogP contribution in [0.5, 0.6) is 11.5 Å². The van der Waals surface area contributed by atoms with Crippen LogP contribution in [-0.2, 0) is 0 Å². The van der Waals surface area contributed by atoms with Gasteiger partial charge in [0.2, 0.25) is 0 Å². The topological polar surface area (TPSA) is 135 Å². The molecule has 2 aromatic heterocycles. The van der Waals surface area contributed by atoms with Crippen molar-refractivity contribution in [1.29, 1.82) is 5.26 Å². The van der Waals surface area contributed by atoms with Crippen LogP contribution in [0.4, 0.5) is 11.6 Å². The van der Waals surface area contributed by atoms with Crippen molar-refractivity contribution < 1.29 is 9.47 Å². The first kappa shape index (κ1) is 19.7. The second-order valence-corrected chi connectivity index (χ2v) is 7.24. The standard InChI is InChI=1S/C21H23N7O2/c1-12-16(10-22)24-11-20(25-12)26-19-9-15(27-28-19)21-17(29-2)4-3-5-18(21)30-14-7-6-13(23)8-14/h3-5,9,11,13-14H,6-8,23H2,1-2H3,(H2,25,26,27,28)/t13-,14+/m0/s1. The zero-order valence-electron chi connectivity index (χ0n) is 16.8. The summed E-state index contributed by atoms with van der Waals surface area (Å²) in [4.78, 5) is 8.43. The molecule has 1 aliphatic rings. The monoisotopic (exact) mass is 405 g/mol. The van der Waals surface area contributed by atoms with Gasteiger partial charge < -0.3 is 20.5 Å². The minimum atomic E-state index is 0.0864. The molecule has 0 saturated heterocycles. The molecule has 0 aliphatic heterocycles. The zero-order valence-corrected chi connectivity index (χ0v) is 16.8. The normalized spacial score (nSPS) is 18.1. The van der Waals surface area contributed by atoms with Gasteiger partial charge in [-0.2, -0.15) is 10.4 Å². The lowest BCUT2D eigenvalue weighted by Gasteiger charge is -2.18. The Bertz CT molecular complexity index is 1090. The van der Waals surface area contributed by atoms with Crippen molar-refractivity contribution in [3.63, 3.8) is 0 Å². The van der Waals surface area contributed by atoms with Gasteiger partial charge in [0.25, 0.3) is 0 Å². The van der Waals surface area contributed by atoms with E-state index in [1.807, 2.05) is 30.3 Å². The van der Waals surface area contributed by atoms with Crippen molar-refractivity contribution in [2.24, 2.45) is 5.73 Å². The maximum absolute atomic E-state index is 9.00. The van der Waals surface area contributed by atoms with Crippen LogP contribution >= 0.6 is 0 Å². The molecule has 30 heavy (non-hydrogen) atoms. The second-order valence-electron chi connectivity index (χ2n) is 7.24.